The molecule has 0 saturated carbocycles. The van der Waals surface area contributed by atoms with E-state index in [-0.39, 0.29) is 11.8 Å². The van der Waals surface area contributed by atoms with Gasteiger partial charge >= 0.3 is 0 Å². The largest absolute Gasteiger partial charge is 0.389 e. The van der Waals surface area contributed by atoms with Gasteiger partial charge in [-0.25, -0.2) is 0 Å². The monoisotopic (exact) mass is 292 g/mol. The summed E-state index contributed by atoms with van der Waals surface area (Å²) in [5, 5.41) is 3.01. The summed E-state index contributed by atoms with van der Waals surface area (Å²) >= 11 is 4.96. The maximum Gasteiger partial charge on any atom is 0.223 e. The van der Waals surface area contributed by atoms with Crippen molar-refractivity contribution >= 4 is 23.1 Å². The van der Waals surface area contributed by atoms with Crippen molar-refractivity contribution in [2.75, 3.05) is 0 Å². The van der Waals surface area contributed by atoms with Crippen LogP contribution >= 0.6 is 12.2 Å². The molecule has 0 aliphatic heterocycles. The van der Waals surface area contributed by atoms with Gasteiger partial charge in [0.15, 0.2) is 0 Å². The summed E-state index contributed by atoms with van der Waals surface area (Å²) < 4.78 is 0. The van der Waals surface area contributed by atoms with E-state index < -0.39 is 0 Å². The molecule has 3 nitrogen and oxygen atoms in total. The highest BCUT2D eigenvalue weighted by atomic mass is 32.1. The number of thiocarbonyl (C=S) groups is 1. The zero-order chi connectivity index (χ0) is 15.0. The minimum Gasteiger partial charge on any atom is -0.389 e. The van der Waals surface area contributed by atoms with Crippen molar-refractivity contribution in [3.8, 4) is 0 Å². The molecule has 0 aliphatic carbocycles. The maximum absolute atomic E-state index is 12.2. The molecule has 0 radical (unpaired) electrons. The molecule has 0 heterocycles. The van der Waals surface area contributed by atoms with Gasteiger partial charge < -0.3 is 11.1 Å². The summed E-state index contributed by atoms with van der Waals surface area (Å²) in [6.45, 7) is 4.75. The summed E-state index contributed by atoms with van der Waals surface area (Å²) in [7, 11) is 0. The number of hydrogen-bond donors (Lipinski definition) is 2. The molecule has 110 valence electrons. The number of nitrogens with two attached hydrogens (primary N) is 1. The Morgan fingerprint density at radius 2 is 1.95 bits per heavy atom. The summed E-state index contributed by atoms with van der Waals surface area (Å²) in [6, 6.07) is 7.68. The standard InChI is InChI=1S/C16H24N2OS/c1-3-6-13(7-4-2)16(19)18-11-12-8-5-9-14(10-12)15(17)20/h5,8-10,13H,3-4,6-7,11H2,1-2H3,(H2,17,20)(H,18,19). The molecule has 0 spiro atoms. The van der Waals surface area contributed by atoms with Gasteiger partial charge in [0.1, 0.15) is 4.99 Å². The van der Waals surface area contributed by atoms with Gasteiger partial charge in [-0.3, -0.25) is 4.79 Å². The lowest BCUT2D eigenvalue weighted by Gasteiger charge is -2.15. The van der Waals surface area contributed by atoms with E-state index in [4.69, 9.17) is 18.0 Å². The predicted octanol–water partition coefficient (Wildman–Crippen LogP) is 3.15. The van der Waals surface area contributed by atoms with E-state index in [9.17, 15) is 4.79 Å². The van der Waals surface area contributed by atoms with Crippen LogP contribution in [-0.2, 0) is 11.3 Å². The molecule has 1 aromatic carbocycles. The zero-order valence-electron chi connectivity index (χ0n) is 12.3. The topological polar surface area (TPSA) is 55.1 Å². The molecule has 1 amide bonds. The first kappa shape index (κ1) is 16.6. The van der Waals surface area contributed by atoms with Gasteiger partial charge in [-0.2, -0.15) is 0 Å². The molecule has 0 aliphatic rings. The normalized spacial score (nSPS) is 10.6. The van der Waals surface area contributed by atoms with E-state index in [1.807, 2.05) is 24.3 Å². The lowest BCUT2D eigenvalue weighted by atomic mass is 9.97. The number of amides is 1. The molecule has 0 fully saturated rings. The molecule has 0 aromatic heterocycles. The van der Waals surface area contributed by atoms with Crippen LogP contribution in [0, 0.1) is 5.92 Å². The first-order chi connectivity index (χ1) is 9.58. The molecule has 20 heavy (non-hydrogen) atoms. The van der Waals surface area contributed by atoms with Gasteiger partial charge in [-0.15, -0.1) is 0 Å². The van der Waals surface area contributed by atoms with Crippen molar-refractivity contribution in [1.29, 1.82) is 0 Å². The Morgan fingerprint density at radius 3 is 2.50 bits per heavy atom. The highest BCUT2D eigenvalue weighted by Crippen LogP contribution is 2.14. The van der Waals surface area contributed by atoms with Crippen LogP contribution < -0.4 is 11.1 Å². The fraction of sp³-hybridized carbons (Fsp3) is 0.500. The van der Waals surface area contributed by atoms with Crippen molar-refractivity contribution in [3.63, 3.8) is 0 Å². The van der Waals surface area contributed by atoms with Crippen molar-refractivity contribution in [2.24, 2.45) is 11.7 Å². The van der Waals surface area contributed by atoms with Crippen molar-refractivity contribution < 1.29 is 4.79 Å². The van der Waals surface area contributed by atoms with Crippen LogP contribution in [0.5, 0.6) is 0 Å². The van der Waals surface area contributed by atoms with Crippen LogP contribution in [0.4, 0.5) is 0 Å². The first-order valence-electron chi connectivity index (χ1n) is 7.24. The Labute approximate surface area is 126 Å². The van der Waals surface area contributed by atoms with Gasteiger partial charge in [-0.05, 0) is 24.5 Å². The fourth-order valence-corrected chi connectivity index (χ4v) is 2.40. The molecule has 1 aromatic rings. The number of carbonyl (C=O) groups is 1. The van der Waals surface area contributed by atoms with Crippen molar-refractivity contribution in [1.82, 2.24) is 5.32 Å². The Balaban J connectivity index is 2.59. The third kappa shape index (κ3) is 5.29. The zero-order valence-corrected chi connectivity index (χ0v) is 13.1. The summed E-state index contributed by atoms with van der Waals surface area (Å²) in [4.78, 5) is 12.5. The Hall–Kier alpha value is -1.42. The second-order valence-corrected chi connectivity index (χ2v) is 5.50. The molecule has 4 heteroatoms. The van der Waals surface area contributed by atoms with E-state index in [0.717, 1.165) is 36.8 Å². The van der Waals surface area contributed by atoms with Crippen LogP contribution in [0.15, 0.2) is 24.3 Å². The number of carbonyl (C=O) groups excluding carboxylic acids is 1. The molecule has 3 N–H and O–H groups in total. The van der Waals surface area contributed by atoms with E-state index >= 15 is 0 Å². The smallest absolute Gasteiger partial charge is 0.223 e. The van der Waals surface area contributed by atoms with Crippen LogP contribution in [-0.4, -0.2) is 10.9 Å². The Morgan fingerprint density at radius 1 is 1.30 bits per heavy atom. The van der Waals surface area contributed by atoms with Gasteiger partial charge in [-0.1, -0.05) is 57.1 Å². The molecule has 0 bridgehead atoms. The lowest BCUT2D eigenvalue weighted by Crippen LogP contribution is -2.30. The van der Waals surface area contributed by atoms with Crippen LogP contribution in [0.3, 0.4) is 0 Å². The average Bonchev–Trinajstić information content (AvgIpc) is 2.45. The summed E-state index contributed by atoms with van der Waals surface area (Å²) in [5.74, 6) is 0.276. The van der Waals surface area contributed by atoms with Gasteiger partial charge in [0.05, 0.1) is 0 Å². The molecule has 0 atom stereocenters. The van der Waals surface area contributed by atoms with E-state index in [1.165, 1.54) is 0 Å². The minimum atomic E-state index is 0.128. The highest BCUT2D eigenvalue weighted by Gasteiger charge is 2.15. The number of nitrogens with one attached hydrogen (secondary N) is 1. The lowest BCUT2D eigenvalue weighted by molar-refractivity contribution is -0.125. The van der Waals surface area contributed by atoms with Crippen molar-refractivity contribution in [2.45, 2.75) is 46.1 Å². The number of benzene rings is 1. The SMILES string of the molecule is CCCC(CCC)C(=O)NCc1cccc(C(N)=S)c1. The third-order valence-corrected chi connectivity index (χ3v) is 3.56. The summed E-state index contributed by atoms with van der Waals surface area (Å²) in [6.07, 6.45) is 3.98. The Bertz CT molecular complexity index is 454. The quantitative estimate of drug-likeness (QED) is 0.724. The molecule has 1 rings (SSSR count). The number of rotatable bonds is 8. The van der Waals surface area contributed by atoms with Gasteiger partial charge in [0, 0.05) is 18.0 Å². The number of hydrogen-bond acceptors (Lipinski definition) is 2. The minimum absolute atomic E-state index is 0.128. The van der Waals surface area contributed by atoms with E-state index in [1.54, 1.807) is 0 Å². The van der Waals surface area contributed by atoms with E-state index in [0.29, 0.717) is 11.5 Å². The van der Waals surface area contributed by atoms with Crippen molar-refractivity contribution in [3.05, 3.63) is 35.4 Å². The van der Waals surface area contributed by atoms with Crippen LogP contribution in [0.25, 0.3) is 0 Å². The first-order valence-corrected chi connectivity index (χ1v) is 7.65. The molecule has 0 unspecified atom stereocenters. The second kappa shape index (κ2) is 8.69. The highest BCUT2D eigenvalue weighted by molar-refractivity contribution is 7.80. The second-order valence-electron chi connectivity index (χ2n) is 5.06. The average molecular weight is 292 g/mol. The predicted molar refractivity (Wildman–Crippen MR) is 87.5 cm³/mol. The van der Waals surface area contributed by atoms with Crippen LogP contribution in [0.1, 0.15) is 50.7 Å². The van der Waals surface area contributed by atoms with E-state index in [2.05, 4.69) is 19.2 Å². The third-order valence-electron chi connectivity index (χ3n) is 3.32. The maximum atomic E-state index is 12.2. The fourth-order valence-electron chi connectivity index (χ4n) is 2.27. The molecule has 0 saturated heterocycles. The van der Waals surface area contributed by atoms with Gasteiger partial charge in [0.2, 0.25) is 5.91 Å². The van der Waals surface area contributed by atoms with Gasteiger partial charge in [0.25, 0.3) is 0 Å². The Kier molecular flexibility index (Phi) is 7.23. The molecular weight excluding hydrogens is 268 g/mol. The van der Waals surface area contributed by atoms with Crippen LogP contribution in [0.2, 0.25) is 0 Å². The summed E-state index contributed by atoms with van der Waals surface area (Å²) in [5.41, 5.74) is 7.47. The molecular formula is C16H24N2OS.